The summed E-state index contributed by atoms with van der Waals surface area (Å²) in [6.45, 7) is 17.1. The summed E-state index contributed by atoms with van der Waals surface area (Å²) < 4.78 is 24.4. The minimum atomic E-state index is -1.74. The van der Waals surface area contributed by atoms with E-state index in [1.54, 1.807) is 0 Å². The molecule has 0 radical (unpaired) electrons. The van der Waals surface area contributed by atoms with Gasteiger partial charge in [0.05, 0.1) is 25.4 Å². The van der Waals surface area contributed by atoms with Crippen molar-refractivity contribution in [1.29, 1.82) is 0 Å². The average Bonchev–Trinajstić information content (AvgIpc) is 3.49. The summed E-state index contributed by atoms with van der Waals surface area (Å²) >= 11 is 0. The summed E-state index contributed by atoms with van der Waals surface area (Å²) in [5, 5.41) is 85.4. The standard InChI is InChI=1S/C42H70O12/c1-21(2)10-9-11-22(3)23-12-16-42(8)30(23)24(45)18-28-40(6)15-14-29(39(4,5)27(40)13-17-41(28,42)7)53-38-36(34(49)32(47)26(20-44)52-38)54-37-35(50)33(48)31(46)25(19-43)51-37/h10-11,23-38,43-50H,9,12-20H2,1-8H3/b22-11+/t23-,24-,25-,26-,27?,28-,29+,30+,31-,32-,33+,34+,35-,36-,37+,38+,40+,41-,42-/m1/s1. The maximum Gasteiger partial charge on any atom is 0.187 e. The van der Waals surface area contributed by atoms with Gasteiger partial charge in [-0.15, -0.1) is 0 Å². The zero-order chi connectivity index (χ0) is 39.7. The number of hydrogen-bond donors (Lipinski definition) is 8. The predicted octanol–water partition coefficient (Wildman–Crippen LogP) is 2.95. The van der Waals surface area contributed by atoms with Crippen LogP contribution in [-0.4, -0.2) is 128 Å². The van der Waals surface area contributed by atoms with Crippen molar-refractivity contribution in [2.75, 3.05) is 13.2 Å². The number of hydrogen-bond acceptors (Lipinski definition) is 12. The lowest BCUT2D eigenvalue weighted by Crippen LogP contribution is -2.67. The molecule has 2 aliphatic heterocycles. The van der Waals surface area contributed by atoms with Crippen LogP contribution in [0.4, 0.5) is 0 Å². The summed E-state index contributed by atoms with van der Waals surface area (Å²) in [6.07, 6.45) is -3.65. The molecule has 19 atom stereocenters. The summed E-state index contributed by atoms with van der Waals surface area (Å²) in [4.78, 5) is 0. The van der Waals surface area contributed by atoms with E-state index in [1.165, 1.54) is 11.1 Å². The highest BCUT2D eigenvalue weighted by atomic mass is 16.8. The van der Waals surface area contributed by atoms with Crippen molar-refractivity contribution in [1.82, 2.24) is 0 Å². The molecule has 6 aliphatic rings. The quantitative estimate of drug-likeness (QED) is 0.126. The van der Waals surface area contributed by atoms with Gasteiger partial charge in [0.2, 0.25) is 0 Å². The molecule has 0 amide bonds. The molecule has 12 nitrogen and oxygen atoms in total. The van der Waals surface area contributed by atoms with Gasteiger partial charge in [0.25, 0.3) is 0 Å². The van der Waals surface area contributed by atoms with Gasteiger partial charge in [0, 0.05) is 0 Å². The molecule has 4 aliphatic carbocycles. The van der Waals surface area contributed by atoms with Gasteiger partial charge < -0.3 is 59.8 Å². The fourth-order valence-electron chi connectivity index (χ4n) is 12.9. The molecular formula is C42H70O12. The van der Waals surface area contributed by atoms with Crippen molar-refractivity contribution in [2.24, 2.45) is 45.3 Å². The Kier molecular flexibility index (Phi) is 12.3. The molecule has 2 saturated heterocycles. The molecule has 54 heavy (non-hydrogen) atoms. The van der Waals surface area contributed by atoms with Crippen LogP contribution in [0.15, 0.2) is 23.3 Å². The zero-order valence-electron chi connectivity index (χ0n) is 33.7. The topological polar surface area (TPSA) is 199 Å². The first-order chi connectivity index (χ1) is 25.3. The Labute approximate surface area is 321 Å². The van der Waals surface area contributed by atoms with Crippen LogP contribution in [0, 0.1) is 45.3 Å². The van der Waals surface area contributed by atoms with E-state index >= 15 is 0 Å². The molecule has 4 saturated carbocycles. The van der Waals surface area contributed by atoms with E-state index in [0.29, 0.717) is 18.3 Å². The molecule has 0 bridgehead atoms. The van der Waals surface area contributed by atoms with Gasteiger partial charge in [-0.3, -0.25) is 0 Å². The first kappa shape index (κ1) is 42.6. The fourth-order valence-corrected chi connectivity index (χ4v) is 12.9. The number of aliphatic hydroxyl groups excluding tert-OH is 8. The van der Waals surface area contributed by atoms with Crippen molar-refractivity contribution in [3.63, 3.8) is 0 Å². The third-order valence-electron chi connectivity index (χ3n) is 16.1. The minimum Gasteiger partial charge on any atom is -0.394 e. The van der Waals surface area contributed by atoms with Gasteiger partial charge in [-0.25, -0.2) is 0 Å². The molecule has 6 fully saturated rings. The van der Waals surface area contributed by atoms with Crippen molar-refractivity contribution >= 4 is 0 Å². The largest absolute Gasteiger partial charge is 0.394 e. The maximum atomic E-state index is 12.1. The first-order valence-electron chi connectivity index (χ1n) is 20.5. The molecule has 6 rings (SSSR count). The zero-order valence-corrected chi connectivity index (χ0v) is 33.7. The third-order valence-corrected chi connectivity index (χ3v) is 16.1. The van der Waals surface area contributed by atoms with Gasteiger partial charge in [-0.05, 0) is 117 Å². The van der Waals surface area contributed by atoms with E-state index in [2.05, 4.69) is 67.5 Å². The van der Waals surface area contributed by atoms with Gasteiger partial charge >= 0.3 is 0 Å². The van der Waals surface area contributed by atoms with E-state index in [4.69, 9.17) is 18.9 Å². The minimum absolute atomic E-state index is 0.00171. The lowest BCUT2D eigenvalue weighted by atomic mass is 9.35. The highest BCUT2D eigenvalue weighted by Crippen LogP contribution is 2.75. The Balaban J connectivity index is 1.23. The Morgan fingerprint density at radius 3 is 1.91 bits per heavy atom. The Morgan fingerprint density at radius 1 is 0.667 bits per heavy atom. The van der Waals surface area contributed by atoms with Crippen LogP contribution >= 0.6 is 0 Å². The monoisotopic (exact) mass is 766 g/mol. The van der Waals surface area contributed by atoms with Crippen LogP contribution in [0.2, 0.25) is 0 Å². The molecule has 1 unspecified atom stereocenters. The van der Waals surface area contributed by atoms with Crippen LogP contribution in [0.3, 0.4) is 0 Å². The smallest absolute Gasteiger partial charge is 0.187 e. The number of fused-ring (bicyclic) bond motifs is 5. The SMILES string of the molecule is CC(C)=CC/C=C(\C)[C@H]1CC[C@]2(C)[C@@H]1[C@H](O)C[C@@H]1[C@@]3(C)CC[C@H](O[C@@H]4O[C@H](CO)[C@@H](O)[C@H](O)[C@H]4O[C@@H]4O[C@H](CO)[C@@H](O)[C@H](O)[C@H]4O)C(C)(C)C3CC[C@]12C. The van der Waals surface area contributed by atoms with Gasteiger partial charge in [-0.1, -0.05) is 57.9 Å². The molecule has 0 aromatic rings. The lowest BCUT2D eigenvalue weighted by Gasteiger charge is -2.70. The second-order valence-electron chi connectivity index (χ2n) is 19.4. The van der Waals surface area contributed by atoms with E-state index in [9.17, 15) is 40.9 Å². The molecule has 8 N–H and O–H groups in total. The highest BCUT2D eigenvalue weighted by molar-refractivity contribution is 5.23. The van der Waals surface area contributed by atoms with Crippen LogP contribution in [0.25, 0.3) is 0 Å². The lowest BCUT2D eigenvalue weighted by molar-refractivity contribution is -0.378. The van der Waals surface area contributed by atoms with E-state index < -0.39 is 80.0 Å². The Bertz CT molecular complexity index is 1380. The second-order valence-corrected chi connectivity index (χ2v) is 19.4. The molecule has 0 spiro atoms. The third kappa shape index (κ3) is 6.89. The molecular weight excluding hydrogens is 696 g/mol. The average molecular weight is 767 g/mol. The summed E-state index contributed by atoms with van der Waals surface area (Å²) in [5.41, 5.74) is 2.29. The Morgan fingerprint density at radius 2 is 1.28 bits per heavy atom. The van der Waals surface area contributed by atoms with E-state index in [-0.39, 0.29) is 40.3 Å². The molecule has 2 heterocycles. The van der Waals surface area contributed by atoms with Gasteiger partial charge in [0.1, 0.15) is 48.8 Å². The van der Waals surface area contributed by atoms with Crippen molar-refractivity contribution in [2.45, 2.75) is 180 Å². The van der Waals surface area contributed by atoms with Crippen molar-refractivity contribution < 1.29 is 59.8 Å². The summed E-state index contributed by atoms with van der Waals surface area (Å²) in [5.74, 6) is 1.14. The van der Waals surface area contributed by atoms with Crippen LogP contribution in [0.1, 0.15) is 107 Å². The van der Waals surface area contributed by atoms with Crippen molar-refractivity contribution in [3.8, 4) is 0 Å². The normalized spacial score (nSPS) is 51.9. The van der Waals surface area contributed by atoms with E-state index in [1.807, 2.05) is 0 Å². The summed E-state index contributed by atoms with van der Waals surface area (Å²) in [7, 11) is 0. The Hall–Kier alpha value is -1.00. The highest BCUT2D eigenvalue weighted by Gasteiger charge is 2.70. The van der Waals surface area contributed by atoms with Gasteiger partial charge in [0.15, 0.2) is 12.6 Å². The van der Waals surface area contributed by atoms with Crippen LogP contribution < -0.4 is 0 Å². The second kappa shape index (κ2) is 15.6. The fraction of sp³-hybridized carbons (Fsp3) is 0.905. The molecule has 310 valence electrons. The maximum absolute atomic E-state index is 12.1. The first-order valence-corrected chi connectivity index (χ1v) is 20.5. The van der Waals surface area contributed by atoms with Gasteiger partial charge in [-0.2, -0.15) is 0 Å². The molecule has 0 aromatic carbocycles. The molecule has 12 heteroatoms. The summed E-state index contributed by atoms with van der Waals surface area (Å²) in [6, 6.07) is 0. The van der Waals surface area contributed by atoms with Crippen LogP contribution in [0.5, 0.6) is 0 Å². The number of aliphatic hydroxyl groups is 8. The number of rotatable bonds is 9. The van der Waals surface area contributed by atoms with E-state index in [0.717, 1.165) is 44.9 Å². The number of allylic oxidation sites excluding steroid dienone is 4. The van der Waals surface area contributed by atoms with Crippen molar-refractivity contribution in [3.05, 3.63) is 23.3 Å². The number of ether oxygens (including phenoxy) is 4. The predicted molar refractivity (Wildman–Crippen MR) is 199 cm³/mol. The molecule has 0 aromatic heterocycles. The van der Waals surface area contributed by atoms with Crippen LogP contribution in [-0.2, 0) is 18.9 Å².